The molecule has 0 amide bonds. The van der Waals surface area contributed by atoms with Crippen molar-refractivity contribution in [1.82, 2.24) is 25.1 Å². The zero-order valence-electron chi connectivity index (χ0n) is 18.3. The van der Waals surface area contributed by atoms with Crippen LogP contribution in [-0.4, -0.2) is 60.3 Å². The fourth-order valence-corrected chi connectivity index (χ4v) is 4.52. The number of carbonyl (C=O) groups is 2. The van der Waals surface area contributed by atoms with Crippen molar-refractivity contribution in [2.24, 2.45) is 5.92 Å². The molecule has 8 nitrogen and oxygen atoms in total. The molecule has 1 aliphatic heterocycles. The first kappa shape index (κ1) is 23.6. The van der Waals surface area contributed by atoms with E-state index in [-0.39, 0.29) is 29.2 Å². The first-order valence-electron chi connectivity index (χ1n) is 11.3. The number of thiol groups is 1. The average molecular weight is 474 g/mol. The van der Waals surface area contributed by atoms with Crippen LogP contribution in [0.2, 0.25) is 0 Å². The summed E-state index contributed by atoms with van der Waals surface area (Å²) in [5.41, 5.74) is 1.39. The molecule has 4 rings (SSSR count). The highest BCUT2D eigenvalue weighted by atomic mass is 32.1. The number of benzene rings is 1. The molecule has 1 aromatic heterocycles. The number of aliphatic carboxylic acids is 1. The van der Waals surface area contributed by atoms with Gasteiger partial charge < -0.3 is 5.11 Å². The van der Waals surface area contributed by atoms with E-state index < -0.39 is 12.0 Å². The van der Waals surface area contributed by atoms with E-state index in [1.165, 1.54) is 6.07 Å². The van der Waals surface area contributed by atoms with Crippen LogP contribution in [0.4, 0.5) is 4.39 Å². The number of Topliss-reactive ketones (excluding diaryl/α,β-unsaturated/α-hetero) is 1. The van der Waals surface area contributed by atoms with E-state index in [0.29, 0.717) is 43.9 Å². The second kappa shape index (κ2) is 10.6. The minimum Gasteiger partial charge on any atom is -0.481 e. The van der Waals surface area contributed by atoms with Gasteiger partial charge in [-0.05, 0) is 60.2 Å². The van der Waals surface area contributed by atoms with Crippen molar-refractivity contribution in [3.63, 3.8) is 0 Å². The SMILES string of the molecule is O=C(O)CCCCn1nnnc1C=C1CN(C(C(=O)C2CC2)c2ccccc2F)CCC1S. The van der Waals surface area contributed by atoms with Crippen molar-refractivity contribution in [3.05, 3.63) is 47.0 Å². The standard InChI is InChI=1S/C23H28FN5O3S/c24-18-6-2-1-5-17(18)22(23(32)15-8-9-15)28-12-10-19(33)16(14-28)13-20-25-26-27-29(20)11-4-3-7-21(30)31/h1-2,5-6,13,15,19,22,33H,3-4,7-12,14H2,(H,30,31). The number of hydrogen-bond acceptors (Lipinski definition) is 7. The molecule has 176 valence electrons. The number of likely N-dealkylation sites (tertiary alicyclic amines) is 1. The number of halogens is 1. The summed E-state index contributed by atoms with van der Waals surface area (Å²) in [5, 5.41) is 20.7. The lowest BCUT2D eigenvalue weighted by atomic mass is 9.93. The molecule has 2 aromatic rings. The Morgan fingerprint density at radius 2 is 2.03 bits per heavy atom. The fraction of sp³-hybridized carbons (Fsp3) is 0.522. The smallest absolute Gasteiger partial charge is 0.303 e. The Hall–Kier alpha value is -2.59. The van der Waals surface area contributed by atoms with Crippen LogP contribution in [0.15, 0.2) is 29.8 Å². The summed E-state index contributed by atoms with van der Waals surface area (Å²) >= 11 is 4.73. The summed E-state index contributed by atoms with van der Waals surface area (Å²) in [7, 11) is 0. The van der Waals surface area contributed by atoms with E-state index in [2.05, 4.69) is 15.5 Å². The number of carboxylic acid groups (broad SMARTS) is 1. The van der Waals surface area contributed by atoms with Gasteiger partial charge in [-0.2, -0.15) is 12.6 Å². The van der Waals surface area contributed by atoms with Gasteiger partial charge in [0, 0.05) is 42.8 Å². The molecule has 1 saturated heterocycles. The van der Waals surface area contributed by atoms with Crippen LogP contribution >= 0.6 is 12.6 Å². The lowest BCUT2D eigenvalue weighted by molar-refractivity contribution is -0.137. The molecule has 2 heterocycles. The number of aromatic nitrogens is 4. The molecule has 10 heteroatoms. The number of carbonyl (C=O) groups excluding carboxylic acids is 1. The van der Waals surface area contributed by atoms with Gasteiger partial charge in [-0.15, -0.1) is 5.10 Å². The number of nitrogens with zero attached hydrogens (tertiary/aromatic N) is 5. The lowest BCUT2D eigenvalue weighted by Crippen LogP contribution is -2.42. The van der Waals surface area contributed by atoms with Gasteiger partial charge in [-0.1, -0.05) is 18.2 Å². The molecule has 1 N–H and O–H groups in total. The van der Waals surface area contributed by atoms with Gasteiger partial charge in [0.15, 0.2) is 11.6 Å². The Balaban J connectivity index is 1.53. The maximum Gasteiger partial charge on any atom is 0.303 e. The molecule has 1 aromatic carbocycles. The van der Waals surface area contributed by atoms with Gasteiger partial charge in [0.05, 0.1) is 6.04 Å². The van der Waals surface area contributed by atoms with Crippen LogP contribution in [0.1, 0.15) is 56.0 Å². The Bertz CT molecular complexity index is 1040. The average Bonchev–Trinajstić information content (AvgIpc) is 3.55. The highest BCUT2D eigenvalue weighted by Crippen LogP contribution is 2.39. The van der Waals surface area contributed by atoms with Crippen LogP contribution in [0.25, 0.3) is 6.08 Å². The van der Waals surface area contributed by atoms with Gasteiger partial charge in [0.1, 0.15) is 5.82 Å². The van der Waals surface area contributed by atoms with Gasteiger partial charge >= 0.3 is 5.97 Å². The number of aryl methyl sites for hydroxylation is 1. The molecular formula is C23H28FN5O3S. The second-order valence-corrected chi connectivity index (χ2v) is 9.33. The topological polar surface area (TPSA) is 101 Å². The molecule has 2 fully saturated rings. The second-order valence-electron chi connectivity index (χ2n) is 8.71. The van der Waals surface area contributed by atoms with E-state index in [4.69, 9.17) is 17.7 Å². The number of piperidine rings is 1. The monoisotopic (exact) mass is 473 g/mol. The molecule has 0 bridgehead atoms. The number of carboxylic acids is 1. The van der Waals surface area contributed by atoms with Crippen molar-refractivity contribution in [2.45, 2.75) is 56.4 Å². The third-order valence-corrected chi connectivity index (χ3v) is 6.79. The van der Waals surface area contributed by atoms with E-state index in [9.17, 15) is 14.0 Å². The zero-order chi connectivity index (χ0) is 23.4. The maximum absolute atomic E-state index is 14.7. The largest absolute Gasteiger partial charge is 0.481 e. The van der Waals surface area contributed by atoms with Gasteiger partial charge in [0.2, 0.25) is 0 Å². The molecular weight excluding hydrogens is 445 g/mol. The summed E-state index contributed by atoms with van der Waals surface area (Å²) in [5.74, 6) is -0.522. The molecule has 2 unspecified atom stereocenters. The molecule has 1 aliphatic carbocycles. The van der Waals surface area contributed by atoms with Gasteiger partial charge in [-0.3, -0.25) is 14.5 Å². The number of ketones is 1. The molecule has 1 saturated carbocycles. The Labute approximate surface area is 197 Å². The molecule has 2 aliphatic rings. The predicted octanol–water partition coefficient (Wildman–Crippen LogP) is 3.18. The minimum absolute atomic E-state index is 0.00821. The lowest BCUT2D eigenvalue weighted by Gasteiger charge is -2.37. The summed E-state index contributed by atoms with van der Waals surface area (Å²) in [6, 6.07) is 5.90. The maximum atomic E-state index is 14.7. The third kappa shape index (κ3) is 5.86. The minimum atomic E-state index is -0.820. The Morgan fingerprint density at radius 1 is 1.24 bits per heavy atom. The summed E-state index contributed by atoms with van der Waals surface area (Å²) in [4.78, 5) is 25.9. The van der Waals surface area contributed by atoms with Crippen molar-refractivity contribution < 1.29 is 19.1 Å². The highest BCUT2D eigenvalue weighted by Gasteiger charge is 2.40. The van der Waals surface area contributed by atoms with Gasteiger partial charge in [-0.25, -0.2) is 9.07 Å². The molecule has 0 radical (unpaired) electrons. The number of tetrazole rings is 1. The summed E-state index contributed by atoms with van der Waals surface area (Å²) in [6.07, 6.45) is 5.65. The Morgan fingerprint density at radius 3 is 2.76 bits per heavy atom. The van der Waals surface area contributed by atoms with Crippen molar-refractivity contribution in [3.8, 4) is 0 Å². The van der Waals surface area contributed by atoms with Crippen LogP contribution in [0.5, 0.6) is 0 Å². The predicted molar refractivity (Wildman–Crippen MR) is 123 cm³/mol. The highest BCUT2D eigenvalue weighted by molar-refractivity contribution is 7.81. The zero-order valence-corrected chi connectivity index (χ0v) is 19.2. The third-order valence-electron chi connectivity index (χ3n) is 6.20. The molecule has 2 atom stereocenters. The van der Waals surface area contributed by atoms with E-state index in [1.54, 1.807) is 22.9 Å². The first-order chi connectivity index (χ1) is 15.9. The fourth-order valence-electron chi connectivity index (χ4n) is 4.25. The summed E-state index contributed by atoms with van der Waals surface area (Å²) in [6.45, 7) is 1.62. The number of rotatable bonds is 10. The number of unbranched alkanes of at least 4 members (excludes halogenated alkanes) is 1. The Kier molecular flexibility index (Phi) is 7.54. The van der Waals surface area contributed by atoms with E-state index >= 15 is 0 Å². The van der Waals surface area contributed by atoms with Crippen LogP contribution in [0, 0.1) is 11.7 Å². The molecule has 0 spiro atoms. The quantitative estimate of drug-likeness (QED) is 0.404. The molecule has 33 heavy (non-hydrogen) atoms. The summed E-state index contributed by atoms with van der Waals surface area (Å²) < 4.78 is 16.3. The van der Waals surface area contributed by atoms with Crippen molar-refractivity contribution >= 4 is 30.5 Å². The van der Waals surface area contributed by atoms with Crippen molar-refractivity contribution in [2.75, 3.05) is 13.1 Å². The van der Waals surface area contributed by atoms with Gasteiger partial charge in [0.25, 0.3) is 0 Å². The number of hydrogen-bond donors (Lipinski definition) is 2. The normalized spacial score (nSPS) is 21.3. The van der Waals surface area contributed by atoms with Crippen molar-refractivity contribution in [1.29, 1.82) is 0 Å². The van der Waals surface area contributed by atoms with E-state index in [1.807, 2.05) is 11.0 Å². The van der Waals surface area contributed by atoms with Crippen LogP contribution in [0.3, 0.4) is 0 Å². The first-order valence-corrected chi connectivity index (χ1v) is 11.8. The van der Waals surface area contributed by atoms with Crippen LogP contribution in [-0.2, 0) is 16.1 Å². The van der Waals surface area contributed by atoms with Crippen LogP contribution < -0.4 is 0 Å². The van der Waals surface area contributed by atoms with E-state index in [0.717, 1.165) is 24.8 Å².